The van der Waals surface area contributed by atoms with Crippen molar-refractivity contribution in [2.45, 2.75) is 6.92 Å². The minimum Gasteiger partial charge on any atom is -0.475 e. The first-order valence-electron chi connectivity index (χ1n) is 2.86. The molecule has 0 aliphatic carbocycles. The number of nitrogens with zero attached hydrogens (tertiary/aromatic N) is 1. The number of oxazole rings is 1. The Hall–Kier alpha value is -1.76. The zero-order chi connectivity index (χ0) is 8.27. The summed E-state index contributed by atoms with van der Waals surface area (Å²) < 4.78 is 4.70. The van der Waals surface area contributed by atoms with Gasteiger partial charge in [0.05, 0.1) is 6.20 Å². The monoisotopic (exact) mass is 151 g/mol. The fourth-order valence-corrected chi connectivity index (χ4v) is 0.538. The van der Waals surface area contributed by atoms with Crippen molar-refractivity contribution in [2.24, 2.45) is 0 Å². The van der Waals surface area contributed by atoms with Gasteiger partial charge in [-0.2, -0.15) is 0 Å². The fourth-order valence-electron chi connectivity index (χ4n) is 0.538. The van der Waals surface area contributed by atoms with E-state index in [9.17, 15) is 4.79 Å². The van der Waals surface area contributed by atoms with Gasteiger partial charge in [-0.25, -0.2) is 9.78 Å². The van der Waals surface area contributed by atoms with Crippen molar-refractivity contribution < 1.29 is 14.3 Å². The highest BCUT2D eigenvalue weighted by Gasteiger charge is 2.07. The standard InChI is InChI=1S/C7H5NO3/c1-2-3-6-8-4-5(11-6)7(9)10/h4H,1H3,(H,9,10). The van der Waals surface area contributed by atoms with Gasteiger partial charge in [0.15, 0.2) is 0 Å². The average molecular weight is 151 g/mol. The molecule has 0 bridgehead atoms. The summed E-state index contributed by atoms with van der Waals surface area (Å²) >= 11 is 0. The molecule has 0 aliphatic rings. The summed E-state index contributed by atoms with van der Waals surface area (Å²) in [5.74, 6) is 3.83. The molecule has 0 fully saturated rings. The van der Waals surface area contributed by atoms with Gasteiger partial charge in [-0.05, 0) is 12.8 Å². The summed E-state index contributed by atoms with van der Waals surface area (Å²) in [4.78, 5) is 13.8. The lowest BCUT2D eigenvalue weighted by atomic mass is 10.5. The first kappa shape index (κ1) is 7.35. The third kappa shape index (κ3) is 1.58. The van der Waals surface area contributed by atoms with E-state index in [0.29, 0.717) is 0 Å². The first-order valence-corrected chi connectivity index (χ1v) is 2.86. The molecule has 1 aromatic rings. The number of aromatic carboxylic acids is 1. The van der Waals surface area contributed by atoms with E-state index < -0.39 is 5.97 Å². The van der Waals surface area contributed by atoms with Crippen LogP contribution in [0, 0.1) is 11.8 Å². The molecule has 0 saturated carbocycles. The van der Waals surface area contributed by atoms with Crippen molar-refractivity contribution >= 4 is 5.97 Å². The molecule has 1 heterocycles. The summed E-state index contributed by atoms with van der Waals surface area (Å²) in [7, 11) is 0. The second-order valence-electron chi connectivity index (χ2n) is 1.71. The Morgan fingerprint density at radius 1 is 1.82 bits per heavy atom. The number of rotatable bonds is 1. The number of hydrogen-bond acceptors (Lipinski definition) is 3. The van der Waals surface area contributed by atoms with Crippen LogP contribution in [0.25, 0.3) is 0 Å². The van der Waals surface area contributed by atoms with Crippen LogP contribution in [0.1, 0.15) is 23.4 Å². The lowest BCUT2D eigenvalue weighted by molar-refractivity contribution is 0.0662. The minimum absolute atomic E-state index is 0.130. The van der Waals surface area contributed by atoms with Gasteiger partial charge < -0.3 is 9.52 Å². The SMILES string of the molecule is CC#Cc1ncc(C(=O)O)o1. The maximum Gasteiger partial charge on any atom is 0.373 e. The van der Waals surface area contributed by atoms with Gasteiger partial charge in [0, 0.05) is 0 Å². The van der Waals surface area contributed by atoms with Gasteiger partial charge in [-0.1, -0.05) is 5.92 Å². The number of aromatic nitrogens is 1. The number of carbonyl (C=O) groups is 1. The molecule has 1 rings (SSSR count). The van der Waals surface area contributed by atoms with E-state index >= 15 is 0 Å². The molecule has 0 atom stereocenters. The molecule has 0 aliphatic heterocycles. The maximum absolute atomic E-state index is 10.2. The second-order valence-corrected chi connectivity index (χ2v) is 1.71. The van der Waals surface area contributed by atoms with Crippen LogP contribution in [0.15, 0.2) is 10.6 Å². The smallest absolute Gasteiger partial charge is 0.373 e. The molecule has 4 nitrogen and oxygen atoms in total. The van der Waals surface area contributed by atoms with Crippen molar-refractivity contribution in [1.29, 1.82) is 0 Å². The van der Waals surface area contributed by atoms with E-state index in [2.05, 4.69) is 16.8 Å². The number of carboxylic acids is 1. The molecule has 4 heteroatoms. The molecule has 1 N–H and O–H groups in total. The average Bonchev–Trinajstić information content (AvgIpc) is 2.37. The molecule has 56 valence electrons. The number of carboxylic acid groups (broad SMARTS) is 1. The van der Waals surface area contributed by atoms with Gasteiger partial charge >= 0.3 is 5.97 Å². The van der Waals surface area contributed by atoms with E-state index in [4.69, 9.17) is 9.52 Å². The van der Waals surface area contributed by atoms with Crippen LogP contribution in [0.3, 0.4) is 0 Å². The molecule has 1 aromatic heterocycles. The minimum atomic E-state index is -1.14. The highest BCUT2D eigenvalue weighted by atomic mass is 16.4. The summed E-state index contributed by atoms with van der Waals surface area (Å²) in [5, 5.41) is 8.38. The van der Waals surface area contributed by atoms with Gasteiger partial charge in [0.1, 0.15) is 0 Å². The fraction of sp³-hybridized carbons (Fsp3) is 0.143. The van der Waals surface area contributed by atoms with Gasteiger partial charge in [-0.15, -0.1) is 0 Å². The molecule has 11 heavy (non-hydrogen) atoms. The van der Waals surface area contributed by atoms with Gasteiger partial charge in [0.25, 0.3) is 5.89 Å². The normalized spacial score (nSPS) is 8.45. The molecule has 0 spiro atoms. The third-order valence-corrected chi connectivity index (χ3v) is 0.948. The van der Waals surface area contributed by atoms with Crippen molar-refractivity contribution in [3.05, 3.63) is 17.8 Å². The van der Waals surface area contributed by atoms with Crippen LogP contribution in [0.5, 0.6) is 0 Å². The van der Waals surface area contributed by atoms with E-state index in [1.165, 1.54) is 0 Å². The van der Waals surface area contributed by atoms with Crippen LogP contribution >= 0.6 is 0 Å². The lowest BCUT2D eigenvalue weighted by Gasteiger charge is -1.79. The Balaban J connectivity index is 2.96. The molecule has 0 amide bonds. The van der Waals surface area contributed by atoms with Crippen LogP contribution in [-0.2, 0) is 0 Å². The zero-order valence-corrected chi connectivity index (χ0v) is 5.79. The van der Waals surface area contributed by atoms with E-state index in [-0.39, 0.29) is 11.7 Å². The highest BCUT2D eigenvalue weighted by Crippen LogP contribution is 2.01. The largest absolute Gasteiger partial charge is 0.475 e. The molecule has 0 aromatic carbocycles. The van der Waals surface area contributed by atoms with Crippen LogP contribution in [-0.4, -0.2) is 16.1 Å². The predicted octanol–water partition coefficient (Wildman–Crippen LogP) is 0.744. The topological polar surface area (TPSA) is 63.3 Å². The van der Waals surface area contributed by atoms with Crippen LogP contribution < -0.4 is 0 Å². The molecule has 0 saturated heterocycles. The third-order valence-electron chi connectivity index (χ3n) is 0.948. The molecule has 0 radical (unpaired) electrons. The Morgan fingerprint density at radius 2 is 2.55 bits per heavy atom. The molecular formula is C7H5NO3. The quantitative estimate of drug-likeness (QED) is 0.601. The number of hydrogen-bond donors (Lipinski definition) is 1. The van der Waals surface area contributed by atoms with E-state index in [0.717, 1.165) is 6.20 Å². The molecule has 0 unspecified atom stereocenters. The van der Waals surface area contributed by atoms with Crippen molar-refractivity contribution in [3.63, 3.8) is 0 Å². The summed E-state index contributed by atoms with van der Waals surface area (Å²) in [6, 6.07) is 0. The molecular weight excluding hydrogens is 146 g/mol. The van der Waals surface area contributed by atoms with Crippen LogP contribution in [0.4, 0.5) is 0 Å². The van der Waals surface area contributed by atoms with E-state index in [1.807, 2.05) is 0 Å². The summed E-state index contributed by atoms with van der Waals surface area (Å²) in [6.07, 6.45) is 1.13. The summed E-state index contributed by atoms with van der Waals surface area (Å²) in [5.41, 5.74) is 0. The summed E-state index contributed by atoms with van der Waals surface area (Å²) in [6.45, 7) is 1.62. The highest BCUT2D eigenvalue weighted by molar-refractivity contribution is 5.83. The van der Waals surface area contributed by atoms with Crippen molar-refractivity contribution in [1.82, 2.24) is 4.98 Å². The maximum atomic E-state index is 10.2. The van der Waals surface area contributed by atoms with Gasteiger partial charge in [-0.3, -0.25) is 0 Å². The predicted molar refractivity (Wildman–Crippen MR) is 36.0 cm³/mol. The zero-order valence-electron chi connectivity index (χ0n) is 5.79. The van der Waals surface area contributed by atoms with E-state index in [1.54, 1.807) is 6.92 Å². The van der Waals surface area contributed by atoms with Crippen molar-refractivity contribution in [2.75, 3.05) is 0 Å². The Morgan fingerprint density at radius 3 is 3.00 bits per heavy atom. The lowest BCUT2D eigenvalue weighted by Crippen LogP contribution is -1.91. The Bertz CT molecular complexity index is 329. The first-order chi connectivity index (χ1) is 5.24. The van der Waals surface area contributed by atoms with Gasteiger partial charge in [0.2, 0.25) is 5.76 Å². The Kier molecular flexibility index (Phi) is 1.93. The second kappa shape index (κ2) is 2.88. The van der Waals surface area contributed by atoms with Crippen molar-refractivity contribution in [3.8, 4) is 11.8 Å². The Labute approximate surface area is 62.9 Å². The van der Waals surface area contributed by atoms with Crippen LogP contribution in [0.2, 0.25) is 0 Å².